The van der Waals surface area contributed by atoms with Crippen LogP contribution in [-0.2, 0) is 0 Å². The van der Waals surface area contributed by atoms with Crippen LogP contribution in [0.25, 0.3) is 0 Å². The number of rotatable bonds is 1. The van der Waals surface area contributed by atoms with Gasteiger partial charge in [-0.2, -0.15) is 0 Å². The molecule has 2 saturated carbocycles. The third-order valence-electron chi connectivity index (χ3n) is 5.26. The normalized spacial score (nSPS) is 50.0. The summed E-state index contributed by atoms with van der Waals surface area (Å²) in [6.07, 6.45) is 4.24. The van der Waals surface area contributed by atoms with E-state index < -0.39 is 0 Å². The molecule has 2 aliphatic rings. The molecule has 12 heavy (non-hydrogen) atoms. The lowest BCUT2D eigenvalue weighted by Gasteiger charge is -2.38. The van der Waals surface area contributed by atoms with Crippen molar-refractivity contribution < 1.29 is 0 Å². The first-order chi connectivity index (χ1) is 5.52. The fourth-order valence-electron chi connectivity index (χ4n) is 3.73. The molecule has 0 spiro atoms. The fourth-order valence-corrected chi connectivity index (χ4v) is 3.73. The molecule has 0 amide bonds. The van der Waals surface area contributed by atoms with E-state index in [0.717, 1.165) is 18.4 Å². The maximum Gasteiger partial charge on any atom is -0.00433 e. The van der Waals surface area contributed by atoms with Crippen LogP contribution in [0.3, 0.4) is 0 Å². The Labute approximate surface area is 75.7 Å². The van der Waals surface area contributed by atoms with Gasteiger partial charge in [-0.05, 0) is 48.5 Å². The molecule has 2 aliphatic carbocycles. The van der Waals surface area contributed by atoms with E-state index >= 15 is 0 Å². The Bertz CT molecular complexity index is 197. The molecule has 1 nitrogen and oxygen atoms in total. The molecule has 0 aromatic carbocycles. The van der Waals surface area contributed by atoms with E-state index in [-0.39, 0.29) is 0 Å². The van der Waals surface area contributed by atoms with Crippen LogP contribution in [0.1, 0.15) is 40.0 Å². The largest absolute Gasteiger partial charge is 0.330 e. The topological polar surface area (TPSA) is 26.0 Å². The summed E-state index contributed by atoms with van der Waals surface area (Å²) in [5, 5.41) is 0. The van der Waals surface area contributed by atoms with E-state index in [1.54, 1.807) is 0 Å². The van der Waals surface area contributed by atoms with Gasteiger partial charge in [0.15, 0.2) is 0 Å². The van der Waals surface area contributed by atoms with Gasteiger partial charge < -0.3 is 5.73 Å². The molecule has 2 N–H and O–H groups in total. The van der Waals surface area contributed by atoms with Crippen LogP contribution in [0.2, 0.25) is 0 Å². The van der Waals surface area contributed by atoms with Crippen molar-refractivity contribution in [2.24, 2.45) is 28.4 Å². The zero-order valence-electron chi connectivity index (χ0n) is 8.56. The molecule has 2 rings (SSSR count). The molecule has 2 fully saturated rings. The lowest BCUT2D eigenvalue weighted by Crippen LogP contribution is -2.35. The van der Waals surface area contributed by atoms with Gasteiger partial charge in [-0.25, -0.2) is 0 Å². The predicted molar refractivity (Wildman–Crippen MR) is 51.8 cm³/mol. The Morgan fingerprint density at radius 1 is 1.33 bits per heavy atom. The number of hydrogen-bond donors (Lipinski definition) is 1. The van der Waals surface area contributed by atoms with Crippen LogP contribution >= 0.6 is 0 Å². The fraction of sp³-hybridized carbons (Fsp3) is 1.00. The maximum absolute atomic E-state index is 5.83. The quantitative estimate of drug-likeness (QED) is 0.637. The van der Waals surface area contributed by atoms with Crippen LogP contribution in [0.15, 0.2) is 0 Å². The summed E-state index contributed by atoms with van der Waals surface area (Å²) < 4.78 is 0. The summed E-state index contributed by atoms with van der Waals surface area (Å²) in [5.74, 6) is 1.75. The van der Waals surface area contributed by atoms with Crippen LogP contribution in [0.5, 0.6) is 0 Å². The Balaban J connectivity index is 2.33. The van der Waals surface area contributed by atoms with Gasteiger partial charge in [0.1, 0.15) is 0 Å². The van der Waals surface area contributed by atoms with Crippen molar-refractivity contribution in [3.63, 3.8) is 0 Å². The smallest absolute Gasteiger partial charge is 0.00433 e. The minimum atomic E-state index is 0.548. The Kier molecular flexibility index (Phi) is 1.61. The van der Waals surface area contributed by atoms with Crippen LogP contribution in [0, 0.1) is 22.7 Å². The van der Waals surface area contributed by atoms with E-state index in [0.29, 0.717) is 10.8 Å². The highest BCUT2D eigenvalue weighted by molar-refractivity contribution is 5.10. The summed E-state index contributed by atoms with van der Waals surface area (Å²) >= 11 is 0. The lowest BCUT2D eigenvalue weighted by molar-refractivity contribution is 0.107. The molecule has 0 aliphatic heterocycles. The summed E-state index contributed by atoms with van der Waals surface area (Å²) in [7, 11) is 0. The minimum Gasteiger partial charge on any atom is -0.330 e. The highest BCUT2D eigenvalue weighted by Crippen LogP contribution is 2.67. The molecular formula is C11H21N. The first-order valence-electron chi connectivity index (χ1n) is 5.22. The molecule has 0 aromatic rings. The van der Waals surface area contributed by atoms with Crippen molar-refractivity contribution in [3.8, 4) is 0 Å². The molecule has 70 valence electrons. The highest BCUT2D eigenvalue weighted by Gasteiger charge is 2.60. The number of fused-ring (bicyclic) bond motifs is 2. The summed E-state index contributed by atoms with van der Waals surface area (Å²) in [4.78, 5) is 0. The monoisotopic (exact) mass is 167 g/mol. The standard InChI is InChI=1S/C11H21N/c1-10(2)8-4-5-11(10,3)9(6-8)7-12/h8-9H,4-7,12H2,1-3H3/t8-,9-,11+/m1/s1. The average molecular weight is 167 g/mol. The molecule has 0 heterocycles. The summed E-state index contributed by atoms with van der Waals surface area (Å²) in [6, 6.07) is 0. The third-order valence-corrected chi connectivity index (χ3v) is 5.26. The molecule has 1 heteroatoms. The van der Waals surface area contributed by atoms with Gasteiger partial charge in [0, 0.05) is 0 Å². The maximum atomic E-state index is 5.83. The Morgan fingerprint density at radius 2 is 2.00 bits per heavy atom. The van der Waals surface area contributed by atoms with Gasteiger partial charge in [0.2, 0.25) is 0 Å². The zero-order chi connectivity index (χ0) is 8.98. The van der Waals surface area contributed by atoms with Gasteiger partial charge >= 0.3 is 0 Å². The zero-order valence-corrected chi connectivity index (χ0v) is 8.56. The van der Waals surface area contributed by atoms with E-state index in [4.69, 9.17) is 5.73 Å². The predicted octanol–water partition coefficient (Wildman–Crippen LogP) is 2.41. The van der Waals surface area contributed by atoms with E-state index in [2.05, 4.69) is 20.8 Å². The lowest BCUT2D eigenvalue weighted by atomic mass is 9.67. The van der Waals surface area contributed by atoms with E-state index in [9.17, 15) is 0 Å². The number of nitrogens with two attached hydrogens (primary N) is 1. The average Bonchev–Trinajstić information content (AvgIpc) is 2.34. The molecule has 0 aromatic heterocycles. The highest BCUT2D eigenvalue weighted by atomic mass is 14.7. The number of hydrogen-bond acceptors (Lipinski definition) is 1. The van der Waals surface area contributed by atoms with E-state index in [1.807, 2.05) is 0 Å². The molecule has 3 atom stereocenters. The van der Waals surface area contributed by atoms with Gasteiger partial charge in [0.05, 0.1) is 0 Å². The van der Waals surface area contributed by atoms with Crippen molar-refractivity contribution in [2.45, 2.75) is 40.0 Å². The van der Waals surface area contributed by atoms with Gasteiger partial charge in [-0.15, -0.1) is 0 Å². The first-order valence-corrected chi connectivity index (χ1v) is 5.22. The second kappa shape index (κ2) is 2.25. The van der Waals surface area contributed by atoms with Crippen LogP contribution < -0.4 is 5.73 Å². The third kappa shape index (κ3) is 0.736. The summed E-state index contributed by atoms with van der Waals surface area (Å²) in [6.45, 7) is 8.24. The minimum absolute atomic E-state index is 0.548. The van der Waals surface area contributed by atoms with Crippen molar-refractivity contribution in [1.82, 2.24) is 0 Å². The van der Waals surface area contributed by atoms with Crippen molar-refractivity contribution in [1.29, 1.82) is 0 Å². The van der Waals surface area contributed by atoms with Gasteiger partial charge in [0.25, 0.3) is 0 Å². The SMILES string of the molecule is CC1(C)[C@@H]2CC[C@@]1(C)[C@@H](CN)C2. The van der Waals surface area contributed by atoms with Crippen LogP contribution in [-0.4, -0.2) is 6.54 Å². The molecule has 2 bridgehead atoms. The molecule has 0 radical (unpaired) electrons. The van der Waals surface area contributed by atoms with Crippen molar-refractivity contribution in [2.75, 3.05) is 6.54 Å². The second-order valence-electron chi connectivity index (χ2n) is 5.54. The van der Waals surface area contributed by atoms with E-state index in [1.165, 1.54) is 19.3 Å². The first kappa shape index (κ1) is 8.55. The Morgan fingerprint density at radius 3 is 2.25 bits per heavy atom. The Hall–Kier alpha value is -0.0400. The van der Waals surface area contributed by atoms with Crippen molar-refractivity contribution >= 4 is 0 Å². The van der Waals surface area contributed by atoms with Crippen molar-refractivity contribution in [3.05, 3.63) is 0 Å². The van der Waals surface area contributed by atoms with Gasteiger partial charge in [-0.3, -0.25) is 0 Å². The van der Waals surface area contributed by atoms with Crippen LogP contribution in [0.4, 0.5) is 0 Å². The molecule has 0 saturated heterocycles. The second-order valence-corrected chi connectivity index (χ2v) is 5.54. The molecule has 0 unspecified atom stereocenters. The van der Waals surface area contributed by atoms with Gasteiger partial charge in [-0.1, -0.05) is 20.8 Å². The molecular weight excluding hydrogens is 146 g/mol. The summed E-state index contributed by atoms with van der Waals surface area (Å²) in [5.41, 5.74) is 6.93.